The van der Waals surface area contributed by atoms with Gasteiger partial charge in [-0.05, 0) is 69.9 Å². The summed E-state index contributed by atoms with van der Waals surface area (Å²) in [6.07, 6.45) is 0. The van der Waals surface area contributed by atoms with Gasteiger partial charge in [0.15, 0.2) is 11.5 Å². The number of aliphatic hydroxyl groups is 1. The number of nitrogens with zero attached hydrogens (tertiary/aromatic N) is 2. The average molecular weight is 473 g/mol. The summed E-state index contributed by atoms with van der Waals surface area (Å²) in [5.41, 5.74) is 1.09. The highest BCUT2D eigenvalue weighted by Gasteiger charge is 2.46. The number of aliphatic hydroxyl groups excluding tert-OH is 1. The number of carbonyl (C=O) groups excluding carboxylic acids is 2. The molecule has 2 aromatic rings. The van der Waals surface area contributed by atoms with E-state index in [0.717, 1.165) is 0 Å². The smallest absolute Gasteiger partial charge is 0.295 e. The molecule has 0 radical (unpaired) electrons. The number of carbonyl (C=O) groups is 2. The van der Waals surface area contributed by atoms with Gasteiger partial charge in [-0.25, -0.2) is 0 Å². The molecule has 1 aliphatic heterocycles. The lowest BCUT2D eigenvalue weighted by Crippen LogP contribution is -2.35. The van der Waals surface area contributed by atoms with Gasteiger partial charge < -0.3 is 24.4 Å². The highest BCUT2D eigenvalue weighted by atomic mass is 35.5. The summed E-state index contributed by atoms with van der Waals surface area (Å²) >= 11 is 5.98. The summed E-state index contributed by atoms with van der Waals surface area (Å²) in [6.45, 7) is 5.51. The molecule has 33 heavy (non-hydrogen) atoms. The molecule has 0 bridgehead atoms. The van der Waals surface area contributed by atoms with Crippen LogP contribution in [-0.2, 0) is 9.59 Å². The van der Waals surface area contributed by atoms with E-state index in [0.29, 0.717) is 54.0 Å². The molecule has 2 aromatic carbocycles. The van der Waals surface area contributed by atoms with Gasteiger partial charge in [-0.3, -0.25) is 9.59 Å². The summed E-state index contributed by atoms with van der Waals surface area (Å²) in [5, 5.41) is 11.6. The first-order valence-corrected chi connectivity index (χ1v) is 11.2. The molecule has 3 rings (SSSR count). The minimum absolute atomic E-state index is 0.0349. The summed E-state index contributed by atoms with van der Waals surface area (Å²) in [6, 6.07) is 11.0. The molecular formula is C25H29ClN2O5. The van der Waals surface area contributed by atoms with Crippen LogP contribution in [0, 0.1) is 0 Å². The van der Waals surface area contributed by atoms with Gasteiger partial charge in [0.05, 0.1) is 24.8 Å². The van der Waals surface area contributed by atoms with Crippen LogP contribution in [0.5, 0.6) is 11.5 Å². The molecule has 176 valence electrons. The predicted octanol–water partition coefficient (Wildman–Crippen LogP) is 4.12. The number of benzene rings is 2. The second kappa shape index (κ2) is 10.7. The van der Waals surface area contributed by atoms with Crippen LogP contribution in [0.2, 0.25) is 5.02 Å². The van der Waals surface area contributed by atoms with E-state index in [-0.39, 0.29) is 11.3 Å². The van der Waals surface area contributed by atoms with E-state index in [2.05, 4.69) is 0 Å². The molecule has 1 aliphatic rings. The Kier molecular flexibility index (Phi) is 8.00. The largest absolute Gasteiger partial charge is 0.507 e. The number of ketones is 1. The minimum Gasteiger partial charge on any atom is -0.507 e. The summed E-state index contributed by atoms with van der Waals surface area (Å²) in [4.78, 5) is 29.5. The van der Waals surface area contributed by atoms with E-state index in [4.69, 9.17) is 21.1 Å². The Balaban J connectivity index is 2.17. The van der Waals surface area contributed by atoms with Gasteiger partial charge >= 0.3 is 0 Å². The molecule has 0 aliphatic carbocycles. The van der Waals surface area contributed by atoms with Gasteiger partial charge in [0, 0.05) is 23.7 Å². The van der Waals surface area contributed by atoms with Crippen LogP contribution in [0.25, 0.3) is 5.76 Å². The van der Waals surface area contributed by atoms with E-state index in [1.807, 2.05) is 32.8 Å². The van der Waals surface area contributed by atoms with E-state index in [1.54, 1.807) is 42.5 Å². The minimum atomic E-state index is -0.768. The first-order valence-electron chi connectivity index (χ1n) is 10.9. The van der Waals surface area contributed by atoms with Crippen molar-refractivity contribution >= 4 is 29.1 Å². The maximum Gasteiger partial charge on any atom is 0.295 e. The van der Waals surface area contributed by atoms with Gasteiger partial charge in [0.25, 0.3) is 11.7 Å². The van der Waals surface area contributed by atoms with E-state index < -0.39 is 17.7 Å². The zero-order chi connectivity index (χ0) is 24.1. The number of ether oxygens (including phenoxy) is 2. The third-order valence-corrected chi connectivity index (χ3v) is 5.58. The summed E-state index contributed by atoms with van der Waals surface area (Å²) in [7, 11) is 3.78. The first kappa shape index (κ1) is 24.6. The van der Waals surface area contributed by atoms with E-state index >= 15 is 0 Å². The highest BCUT2D eigenvalue weighted by molar-refractivity contribution is 6.46. The fourth-order valence-corrected chi connectivity index (χ4v) is 3.89. The lowest BCUT2D eigenvalue weighted by molar-refractivity contribution is -0.140. The monoisotopic (exact) mass is 472 g/mol. The molecule has 0 saturated carbocycles. The number of likely N-dealkylation sites (tertiary alicyclic amines) is 1. The number of Topliss-reactive ketones (excluding diaryl/α,β-unsaturated/α-hetero) is 1. The molecule has 0 spiro atoms. The Hall–Kier alpha value is -3.03. The molecule has 1 atom stereocenters. The Morgan fingerprint density at radius 1 is 1.03 bits per heavy atom. The van der Waals surface area contributed by atoms with Crippen molar-refractivity contribution in [2.75, 3.05) is 40.4 Å². The van der Waals surface area contributed by atoms with Crippen LogP contribution < -0.4 is 9.47 Å². The lowest BCUT2D eigenvalue weighted by atomic mass is 9.95. The SMILES string of the molecule is CCOc1ccc(C2/C(=C(/O)c3ccc(Cl)cc3)C(=O)C(=O)N2CCN(C)C)cc1OCC. The van der Waals surface area contributed by atoms with Crippen molar-refractivity contribution < 1.29 is 24.2 Å². The van der Waals surface area contributed by atoms with Crippen molar-refractivity contribution in [2.45, 2.75) is 19.9 Å². The number of amides is 1. The Morgan fingerprint density at radius 3 is 2.27 bits per heavy atom. The fraction of sp³-hybridized carbons (Fsp3) is 0.360. The highest BCUT2D eigenvalue weighted by Crippen LogP contribution is 2.42. The lowest BCUT2D eigenvalue weighted by Gasteiger charge is -2.27. The molecule has 1 unspecified atom stereocenters. The van der Waals surface area contributed by atoms with E-state index in [1.165, 1.54) is 4.90 Å². The van der Waals surface area contributed by atoms with Crippen LogP contribution >= 0.6 is 11.6 Å². The summed E-state index contributed by atoms with van der Waals surface area (Å²) in [5.74, 6) is -0.524. The van der Waals surface area contributed by atoms with Crippen LogP contribution in [0.4, 0.5) is 0 Å². The molecular weight excluding hydrogens is 444 g/mol. The maximum absolute atomic E-state index is 13.1. The van der Waals surface area contributed by atoms with Crippen LogP contribution in [0.15, 0.2) is 48.0 Å². The van der Waals surface area contributed by atoms with Crippen molar-refractivity contribution in [3.63, 3.8) is 0 Å². The number of rotatable bonds is 9. The Bertz CT molecular complexity index is 1050. The first-order chi connectivity index (χ1) is 15.8. The van der Waals surface area contributed by atoms with Gasteiger partial charge in [-0.2, -0.15) is 0 Å². The molecule has 1 amide bonds. The van der Waals surface area contributed by atoms with Crippen molar-refractivity contribution in [3.8, 4) is 11.5 Å². The predicted molar refractivity (Wildman–Crippen MR) is 128 cm³/mol. The third kappa shape index (κ3) is 5.31. The van der Waals surface area contributed by atoms with Gasteiger partial charge in [0.1, 0.15) is 5.76 Å². The van der Waals surface area contributed by atoms with Crippen molar-refractivity contribution in [1.82, 2.24) is 9.80 Å². The molecule has 1 N–H and O–H groups in total. The van der Waals surface area contributed by atoms with Crippen LogP contribution in [-0.4, -0.2) is 67.0 Å². The second-order valence-electron chi connectivity index (χ2n) is 7.87. The standard InChI is InChI=1S/C25H29ClN2O5/c1-5-32-19-12-9-17(15-20(19)33-6-2)22-21(23(29)16-7-10-18(26)11-8-16)24(30)25(31)28(22)14-13-27(3)4/h7-12,15,22,29H,5-6,13-14H2,1-4H3/b23-21-. The molecule has 1 fully saturated rings. The van der Waals surface area contributed by atoms with Gasteiger partial charge in [0.2, 0.25) is 0 Å². The van der Waals surface area contributed by atoms with Gasteiger partial charge in [-0.1, -0.05) is 17.7 Å². The number of hydrogen-bond acceptors (Lipinski definition) is 6. The van der Waals surface area contributed by atoms with Crippen LogP contribution in [0.3, 0.4) is 0 Å². The summed E-state index contributed by atoms with van der Waals surface area (Å²) < 4.78 is 11.4. The van der Waals surface area contributed by atoms with Crippen molar-refractivity contribution in [2.24, 2.45) is 0 Å². The van der Waals surface area contributed by atoms with Gasteiger partial charge in [-0.15, -0.1) is 0 Å². The molecule has 0 aromatic heterocycles. The average Bonchev–Trinajstić information content (AvgIpc) is 3.04. The zero-order valence-corrected chi connectivity index (χ0v) is 20.1. The third-order valence-electron chi connectivity index (χ3n) is 5.33. The Labute approximate surface area is 199 Å². The normalized spacial score (nSPS) is 17.6. The quantitative estimate of drug-likeness (QED) is 0.336. The maximum atomic E-state index is 13.1. The molecule has 7 nitrogen and oxygen atoms in total. The number of hydrogen-bond donors (Lipinski definition) is 1. The van der Waals surface area contributed by atoms with Crippen molar-refractivity contribution in [3.05, 3.63) is 64.2 Å². The second-order valence-corrected chi connectivity index (χ2v) is 8.31. The zero-order valence-electron chi connectivity index (χ0n) is 19.3. The fourth-order valence-electron chi connectivity index (χ4n) is 3.77. The van der Waals surface area contributed by atoms with Crippen molar-refractivity contribution in [1.29, 1.82) is 0 Å². The topological polar surface area (TPSA) is 79.3 Å². The Morgan fingerprint density at radius 2 is 1.67 bits per heavy atom. The number of halogens is 1. The van der Waals surface area contributed by atoms with Crippen LogP contribution in [0.1, 0.15) is 31.0 Å². The molecule has 1 heterocycles. The van der Waals surface area contributed by atoms with E-state index in [9.17, 15) is 14.7 Å². The number of likely N-dealkylation sites (N-methyl/N-ethyl adjacent to an activating group) is 1. The molecule has 8 heteroatoms. The molecule has 1 saturated heterocycles.